The number of nitrogens with zero attached hydrogens (tertiary/aromatic N) is 2. The Kier molecular flexibility index (Phi) is 6.93. The average Bonchev–Trinajstić information content (AvgIpc) is 3.20. The first-order valence-electron chi connectivity index (χ1n) is 10.8. The van der Waals surface area contributed by atoms with Crippen molar-refractivity contribution in [1.82, 2.24) is 5.43 Å². The van der Waals surface area contributed by atoms with E-state index in [4.69, 9.17) is 9.47 Å². The van der Waals surface area contributed by atoms with E-state index < -0.39 is 28.4 Å². The Balaban J connectivity index is 1.65. The van der Waals surface area contributed by atoms with Gasteiger partial charge in [0.25, 0.3) is 21.8 Å². The number of rotatable bonds is 8. The molecule has 4 rings (SSSR count). The van der Waals surface area contributed by atoms with Crippen LogP contribution in [-0.2, 0) is 19.6 Å². The third-order valence-corrected chi connectivity index (χ3v) is 7.26. The van der Waals surface area contributed by atoms with Gasteiger partial charge in [-0.3, -0.25) is 13.9 Å². The molecule has 3 aromatic carbocycles. The van der Waals surface area contributed by atoms with Gasteiger partial charge in [0, 0.05) is 11.6 Å². The molecule has 1 heterocycles. The molecule has 2 N–H and O–H groups in total. The van der Waals surface area contributed by atoms with Crippen molar-refractivity contribution in [3.05, 3.63) is 77.9 Å². The number of carbonyl (C=O) groups is 2. The highest BCUT2D eigenvalue weighted by atomic mass is 32.2. The van der Waals surface area contributed by atoms with Crippen LogP contribution in [0.2, 0.25) is 0 Å². The summed E-state index contributed by atoms with van der Waals surface area (Å²) in [6, 6.07) is 17.8. The second-order valence-electron chi connectivity index (χ2n) is 7.86. The summed E-state index contributed by atoms with van der Waals surface area (Å²) in [4.78, 5) is 25.0. The van der Waals surface area contributed by atoms with Gasteiger partial charge < -0.3 is 14.8 Å². The van der Waals surface area contributed by atoms with Gasteiger partial charge in [-0.2, -0.15) is 5.10 Å². The second-order valence-corrected chi connectivity index (χ2v) is 9.72. The van der Waals surface area contributed by atoms with E-state index in [1.54, 1.807) is 48.5 Å². The highest BCUT2D eigenvalue weighted by Crippen LogP contribution is 2.32. The van der Waals surface area contributed by atoms with Crippen LogP contribution in [0.15, 0.2) is 76.7 Å². The molecule has 0 atom stereocenters. The van der Waals surface area contributed by atoms with Gasteiger partial charge in [-0.1, -0.05) is 35.9 Å². The minimum Gasteiger partial charge on any atom is -0.493 e. The van der Waals surface area contributed by atoms with Gasteiger partial charge in [-0.05, 0) is 37.3 Å². The van der Waals surface area contributed by atoms with Gasteiger partial charge in [-0.15, -0.1) is 0 Å². The number of aryl methyl sites for hydroxylation is 1. The molecule has 0 aromatic heterocycles. The molecule has 0 saturated heterocycles. The van der Waals surface area contributed by atoms with Crippen LogP contribution in [0, 0.1) is 6.92 Å². The number of anilines is 2. The van der Waals surface area contributed by atoms with Crippen LogP contribution < -0.4 is 24.5 Å². The van der Waals surface area contributed by atoms with E-state index in [2.05, 4.69) is 15.8 Å². The van der Waals surface area contributed by atoms with Gasteiger partial charge in [0.2, 0.25) is 0 Å². The summed E-state index contributed by atoms with van der Waals surface area (Å²) in [5.74, 6) is -0.611. The summed E-state index contributed by atoms with van der Waals surface area (Å²) in [5.41, 5.74) is 4.66. The predicted octanol–water partition coefficient (Wildman–Crippen LogP) is 2.68. The second kappa shape index (κ2) is 10.1. The number of nitrogens with one attached hydrogen (secondary N) is 2. The molecule has 0 saturated carbocycles. The molecule has 0 fully saturated rings. The topological polar surface area (TPSA) is 126 Å². The Bertz CT molecular complexity index is 1450. The van der Waals surface area contributed by atoms with Gasteiger partial charge in [0.05, 0.1) is 30.5 Å². The molecule has 0 radical (unpaired) electrons. The quantitative estimate of drug-likeness (QED) is 0.451. The number of hydrazone groups is 1. The lowest BCUT2D eigenvalue weighted by atomic mass is 10.1. The zero-order chi connectivity index (χ0) is 25.9. The van der Waals surface area contributed by atoms with Crippen molar-refractivity contribution in [3.8, 4) is 11.5 Å². The molecule has 2 amide bonds. The number of para-hydroxylation sites is 1. The number of hydrogen-bond donors (Lipinski definition) is 2. The molecule has 0 spiro atoms. The van der Waals surface area contributed by atoms with E-state index >= 15 is 0 Å². The zero-order valence-corrected chi connectivity index (χ0v) is 20.6. The molecule has 0 bridgehead atoms. The molecule has 1 aliphatic heterocycles. The fourth-order valence-corrected chi connectivity index (χ4v) is 5.06. The first kappa shape index (κ1) is 24.7. The van der Waals surface area contributed by atoms with Gasteiger partial charge in [-0.25, -0.2) is 13.8 Å². The van der Waals surface area contributed by atoms with E-state index in [0.29, 0.717) is 17.0 Å². The van der Waals surface area contributed by atoms with Crippen LogP contribution in [0.1, 0.15) is 11.1 Å². The zero-order valence-electron chi connectivity index (χ0n) is 19.8. The van der Waals surface area contributed by atoms with Crippen molar-refractivity contribution in [1.29, 1.82) is 0 Å². The average molecular weight is 509 g/mol. The smallest absolute Gasteiger partial charge is 0.276 e. The van der Waals surface area contributed by atoms with Crippen LogP contribution in [0.25, 0.3) is 0 Å². The lowest BCUT2D eigenvalue weighted by Gasteiger charge is -2.24. The monoisotopic (exact) mass is 508 g/mol. The number of sulfonamides is 1. The third kappa shape index (κ3) is 4.86. The Morgan fingerprint density at radius 2 is 1.69 bits per heavy atom. The van der Waals surface area contributed by atoms with Crippen molar-refractivity contribution in [3.63, 3.8) is 0 Å². The largest absolute Gasteiger partial charge is 0.493 e. The van der Waals surface area contributed by atoms with Crippen LogP contribution in [0.5, 0.6) is 11.5 Å². The summed E-state index contributed by atoms with van der Waals surface area (Å²) in [5, 5.41) is 6.62. The summed E-state index contributed by atoms with van der Waals surface area (Å²) < 4.78 is 38.7. The van der Waals surface area contributed by atoms with E-state index in [1.165, 1.54) is 32.4 Å². The Hall–Kier alpha value is -4.38. The molecule has 10 nitrogen and oxygen atoms in total. The van der Waals surface area contributed by atoms with Crippen LogP contribution in [0.3, 0.4) is 0 Å². The van der Waals surface area contributed by atoms with Crippen molar-refractivity contribution >= 4 is 38.9 Å². The molecule has 0 unspecified atom stereocenters. The molecule has 186 valence electrons. The third-order valence-electron chi connectivity index (χ3n) is 5.49. The number of amides is 2. The summed E-state index contributed by atoms with van der Waals surface area (Å²) >= 11 is 0. The molecule has 0 aliphatic carbocycles. The Morgan fingerprint density at radius 3 is 2.39 bits per heavy atom. The van der Waals surface area contributed by atoms with E-state index in [1.807, 2.05) is 6.92 Å². The van der Waals surface area contributed by atoms with E-state index in [-0.39, 0.29) is 22.0 Å². The fourth-order valence-electron chi connectivity index (χ4n) is 3.63. The molecule has 3 aromatic rings. The number of hydrogen-bond acceptors (Lipinski definition) is 7. The molecular formula is C25H24N4O6S. The summed E-state index contributed by atoms with van der Waals surface area (Å²) in [6.45, 7) is 1.28. The van der Waals surface area contributed by atoms with Crippen molar-refractivity contribution < 1.29 is 27.5 Å². The lowest BCUT2D eigenvalue weighted by molar-refractivity contribution is -0.119. The van der Waals surface area contributed by atoms with Gasteiger partial charge in [0.15, 0.2) is 17.2 Å². The highest BCUT2D eigenvalue weighted by molar-refractivity contribution is 7.92. The highest BCUT2D eigenvalue weighted by Gasteiger charge is 2.29. The maximum Gasteiger partial charge on any atom is 0.276 e. The minimum absolute atomic E-state index is 0.0311. The van der Waals surface area contributed by atoms with Gasteiger partial charge in [0.1, 0.15) is 6.54 Å². The Labute approximate surface area is 208 Å². The normalized spacial score (nSPS) is 13.6. The van der Waals surface area contributed by atoms with Crippen molar-refractivity contribution in [2.75, 3.05) is 30.4 Å². The van der Waals surface area contributed by atoms with E-state index in [0.717, 1.165) is 9.87 Å². The van der Waals surface area contributed by atoms with Crippen LogP contribution >= 0.6 is 0 Å². The maximum atomic E-state index is 13.6. The SMILES string of the molecule is COc1ccc(S(=O)(=O)N(CC(=O)N/N=C2/C(=O)Nc3ccccc32)c2ccc(C)cc2)cc1OC. The Morgan fingerprint density at radius 1 is 1.00 bits per heavy atom. The van der Waals surface area contributed by atoms with Crippen LogP contribution in [0.4, 0.5) is 11.4 Å². The maximum absolute atomic E-state index is 13.6. The molecular weight excluding hydrogens is 484 g/mol. The predicted molar refractivity (Wildman–Crippen MR) is 135 cm³/mol. The van der Waals surface area contributed by atoms with Gasteiger partial charge >= 0.3 is 0 Å². The van der Waals surface area contributed by atoms with E-state index in [9.17, 15) is 18.0 Å². The first-order chi connectivity index (χ1) is 17.2. The fraction of sp³-hybridized carbons (Fsp3) is 0.160. The number of ether oxygens (including phenoxy) is 2. The summed E-state index contributed by atoms with van der Waals surface area (Å²) in [6.07, 6.45) is 0. The number of fused-ring (bicyclic) bond motifs is 1. The number of carbonyl (C=O) groups excluding carboxylic acids is 2. The molecule has 36 heavy (non-hydrogen) atoms. The minimum atomic E-state index is -4.21. The van der Waals surface area contributed by atoms with Crippen molar-refractivity contribution in [2.45, 2.75) is 11.8 Å². The first-order valence-corrected chi connectivity index (χ1v) is 12.3. The van der Waals surface area contributed by atoms with Crippen LogP contribution in [-0.4, -0.2) is 46.7 Å². The lowest BCUT2D eigenvalue weighted by Crippen LogP contribution is -2.40. The number of benzene rings is 3. The molecule has 11 heteroatoms. The standard InChI is InChI=1S/C25H24N4O6S/c1-16-8-10-17(11-9-16)29(36(32,33)18-12-13-21(34-2)22(14-18)35-3)15-23(30)27-28-24-19-6-4-5-7-20(19)26-25(24)31/h4-14H,15H2,1-3H3,(H,27,30)(H,26,28,31). The number of methoxy groups -OCH3 is 2. The summed E-state index contributed by atoms with van der Waals surface area (Å²) in [7, 11) is -1.36. The molecule has 1 aliphatic rings. The van der Waals surface area contributed by atoms with Crippen molar-refractivity contribution in [2.24, 2.45) is 5.10 Å².